The fourth-order valence-corrected chi connectivity index (χ4v) is 1.57. The molecule has 1 amide bonds. The highest BCUT2D eigenvalue weighted by Gasteiger charge is 2.21. The molecule has 1 N–H and O–H groups in total. The second-order valence-corrected chi connectivity index (χ2v) is 4.25. The average Bonchev–Trinajstić information content (AvgIpc) is 2.48. The summed E-state index contributed by atoms with van der Waals surface area (Å²) in [5.41, 5.74) is 0.650. The Morgan fingerprint density at radius 2 is 1.48 bits per heavy atom. The molecule has 7 heteroatoms. The van der Waals surface area contributed by atoms with Gasteiger partial charge >= 0.3 is 11.9 Å². The molecule has 0 aliphatic rings. The van der Waals surface area contributed by atoms with E-state index in [1.807, 2.05) is 0 Å². The first-order valence-corrected chi connectivity index (χ1v) is 6.15. The van der Waals surface area contributed by atoms with E-state index in [0.29, 0.717) is 5.56 Å². The van der Waals surface area contributed by atoms with Crippen LogP contribution >= 0.6 is 0 Å². The van der Waals surface area contributed by atoms with Crippen molar-refractivity contribution in [3.05, 3.63) is 29.8 Å². The number of ether oxygens (including phenoxy) is 2. The van der Waals surface area contributed by atoms with Gasteiger partial charge in [0.05, 0.1) is 20.6 Å². The average molecular weight is 295 g/mol. The van der Waals surface area contributed by atoms with Gasteiger partial charge in [-0.2, -0.15) is 0 Å². The molecule has 1 rings (SSSR count). The van der Waals surface area contributed by atoms with Gasteiger partial charge in [-0.15, -0.1) is 0 Å². The van der Waals surface area contributed by atoms with Gasteiger partial charge in [-0.05, 0) is 17.7 Å². The van der Waals surface area contributed by atoms with Crippen LogP contribution in [-0.2, 0) is 30.3 Å². The summed E-state index contributed by atoms with van der Waals surface area (Å²) in [7, 11) is 2.40. The van der Waals surface area contributed by atoms with Gasteiger partial charge in [0.2, 0.25) is 5.91 Å². The summed E-state index contributed by atoms with van der Waals surface area (Å²) in [5.74, 6) is -1.58. The molecule has 0 unspecified atom stereocenters. The zero-order valence-electron chi connectivity index (χ0n) is 11.9. The van der Waals surface area contributed by atoms with Crippen molar-refractivity contribution in [2.45, 2.75) is 6.42 Å². The van der Waals surface area contributed by atoms with Crippen molar-refractivity contribution in [2.75, 3.05) is 27.3 Å². The van der Waals surface area contributed by atoms with E-state index in [-0.39, 0.29) is 25.3 Å². The van der Waals surface area contributed by atoms with Crippen LogP contribution in [0.15, 0.2) is 24.3 Å². The summed E-state index contributed by atoms with van der Waals surface area (Å²) in [6.45, 7) is -0.662. The first-order valence-electron chi connectivity index (χ1n) is 6.15. The number of hydrogen-bond donors (Lipinski definition) is 1. The van der Waals surface area contributed by atoms with Gasteiger partial charge in [-0.1, -0.05) is 12.1 Å². The van der Waals surface area contributed by atoms with Gasteiger partial charge < -0.3 is 19.5 Å². The van der Waals surface area contributed by atoms with Crippen molar-refractivity contribution in [3.63, 3.8) is 0 Å². The quantitative estimate of drug-likeness (QED) is 0.749. The monoisotopic (exact) mass is 295 g/mol. The molecule has 0 aliphatic heterocycles. The van der Waals surface area contributed by atoms with E-state index >= 15 is 0 Å². The molecule has 21 heavy (non-hydrogen) atoms. The number of hydrogen-bond acceptors (Lipinski definition) is 6. The lowest BCUT2D eigenvalue weighted by Crippen LogP contribution is -2.41. The summed E-state index contributed by atoms with van der Waals surface area (Å²) in [4.78, 5) is 35.8. The molecule has 0 saturated heterocycles. The number of aromatic hydroxyl groups is 1. The number of carbonyl (C=O) groups is 3. The predicted octanol–water partition coefficient (Wildman–Crippen LogP) is 0.109. The molecule has 0 aromatic heterocycles. The lowest BCUT2D eigenvalue weighted by Gasteiger charge is -2.20. The van der Waals surface area contributed by atoms with Crippen molar-refractivity contribution < 1.29 is 29.0 Å². The van der Waals surface area contributed by atoms with E-state index in [1.165, 1.54) is 26.4 Å². The largest absolute Gasteiger partial charge is 0.508 e. The third kappa shape index (κ3) is 5.52. The Labute approximate surface area is 122 Å². The topological polar surface area (TPSA) is 93.1 Å². The van der Waals surface area contributed by atoms with Crippen molar-refractivity contribution in [1.82, 2.24) is 4.90 Å². The summed E-state index contributed by atoms with van der Waals surface area (Å²) in [6.07, 6.45) is -0.00569. The van der Waals surface area contributed by atoms with Crippen LogP contribution < -0.4 is 0 Å². The van der Waals surface area contributed by atoms with E-state index in [0.717, 1.165) is 4.90 Å². The van der Waals surface area contributed by atoms with Gasteiger partial charge in [0.15, 0.2) is 0 Å². The number of phenols is 1. The molecule has 0 fully saturated rings. The Morgan fingerprint density at radius 3 is 1.90 bits per heavy atom. The van der Waals surface area contributed by atoms with E-state index in [2.05, 4.69) is 9.47 Å². The van der Waals surface area contributed by atoms with E-state index in [4.69, 9.17) is 0 Å². The number of esters is 2. The Kier molecular flexibility index (Phi) is 6.19. The van der Waals surface area contributed by atoms with Crippen LogP contribution in [0, 0.1) is 0 Å². The maximum atomic E-state index is 12.1. The van der Waals surface area contributed by atoms with Crippen LogP contribution in [0.1, 0.15) is 5.56 Å². The minimum absolute atomic E-state index is 0.00569. The summed E-state index contributed by atoms with van der Waals surface area (Å²) in [6, 6.07) is 6.07. The number of benzene rings is 1. The third-order valence-electron chi connectivity index (χ3n) is 2.74. The van der Waals surface area contributed by atoms with Crippen LogP contribution in [0.3, 0.4) is 0 Å². The molecule has 0 atom stereocenters. The van der Waals surface area contributed by atoms with E-state index in [1.54, 1.807) is 12.1 Å². The summed E-state index contributed by atoms with van der Waals surface area (Å²) >= 11 is 0. The van der Waals surface area contributed by atoms with Crippen LogP contribution in [0.2, 0.25) is 0 Å². The highest BCUT2D eigenvalue weighted by molar-refractivity contribution is 5.87. The molecule has 0 heterocycles. The van der Waals surface area contributed by atoms with Gasteiger partial charge in [0.25, 0.3) is 0 Å². The fraction of sp³-hybridized carbons (Fsp3) is 0.357. The molecule has 114 valence electrons. The van der Waals surface area contributed by atoms with Gasteiger partial charge in [-0.25, -0.2) is 0 Å². The highest BCUT2D eigenvalue weighted by Crippen LogP contribution is 2.11. The normalized spacial score (nSPS) is 9.81. The Balaban J connectivity index is 2.75. The number of amides is 1. The van der Waals surface area contributed by atoms with Crippen molar-refractivity contribution in [1.29, 1.82) is 0 Å². The van der Waals surface area contributed by atoms with Crippen molar-refractivity contribution in [2.24, 2.45) is 0 Å². The van der Waals surface area contributed by atoms with Gasteiger partial charge in [-0.3, -0.25) is 14.4 Å². The first-order chi connectivity index (χ1) is 9.96. The van der Waals surface area contributed by atoms with Crippen molar-refractivity contribution >= 4 is 17.8 Å². The highest BCUT2D eigenvalue weighted by atomic mass is 16.5. The third-order valence-corrected chi connectivity index (χ3v) is 2.74. The zero-order chi connectivity index (χ0) is 15.8. The Hall–Kier alpha value is -2.57. The molecule has 7 nitrogen and oxygen atoms in total. The van der Waals surface area contributed by atoms with Crippen LogP contribution in [0.4, 0.5) is 0 Å². The molecule has 0 spiro atoms. The SMILES string of the molecule is COC(=O)CN(CC(=O)OC)C(=O)Cc1ccc(O)cc1. The van der Waals surface area contributed by atoms with Crippen molar-refractivity contribution in [3.8, 4) is 5.75 Å². The molecule has 1 aromatic carbocycles. The lowest BCUT2D eigenvalue weighted by atomic mass is 10.1. The predicted molar refractivity (Wildman–Crippen MR) is 72.4 cm³/mol. The second-order valence-electron chi connectivity index (χ2n) is 4.25. The number of methoxy groups -OCH3 is 2. The Bertz CT molecular complexity index is 493. The minimum atomic E-state index is -0.627. The van der Waals surface area contributed by atoms with Crippen LogP contribution in [-0.4, -0.2) is 55.2 Å². The molecule has 0 saturated carbocycles. The zero-order valence-corrected chi connectivity index (χ0v) is 11.9. The molecule has 0 bridgehead atoms. The first kappa shape index (κ1) is 16.5. The van der Waals surface area contributed by atoms with Crippen LogP contribution in [0.25, 0.3) is 0 Å². The number of phenolic OH excluding ortho intramolecular Hbond substituents is 1. The number of nitrogens with zero attached hydrogens (tertiary/aromatic N) is 1. The Morgan fingerprint density at radius 1 is 1.00 bits per heavy atom. The molecule has 1 aromatic rings. The number of carbonyl (C=O) groups excluding carboxylic acids is 3. The van der Waals surface area contributed by atoms with Gasteiger partial charge in [0, 0.05) is 0 Å². The molecular formula is C14H17NO6. The van der Waals surface area contributed by atoms with E-state index < -0.39 is 17.8 Å². The summed E-state index contributed by atoms with van der Waals surface area (Å²) < 4.78 is 8.99. The smallest absolute Gasteiger partial charge is 0.325 e. The maximum absolute atomic E-state index is 12.1. The van der Waals surface area contributed by atoms with Crippen LogP contribution in [0.5, 0.6) is 5.75 Å². The minimum Gasteiger partial charge on any atom is -0.508 e. The van der Waals surface area contributed by atoms with E-state index in [9.17, 15) is 19.5 Å². The number of rotatable bonds is 6. The second kappa shape index (κ2) is 7.88. The fourth-order valence-electron chi connectivity index (χ4n) is 1.57. The molecule has 0 radical (unpaired) electrons. The maximum Gasteiger partial charge on any atom is 0.325 e. The summed E-state index contributed by atoms with van der Waals surface area (Å²) in [5, 5.41) is 9.18. The van der Waals surface area contributed by atoms with Gasteiger partial charge in [0.1, 0.15) is 18.8 Å². The molecule has 0 aliphatic carbocycles. The molecular weight excluding hydrogens is 278 g/mol. The lowest BCUT2D eigenvalue weighted by molar-refractivity contribution is -0.151. The standard InChI is InChI=1S/C14H17NO6/c1-20-13(18)8-15(9-14(19)21-2)12(17)7-10-3-5-11(16)6-4-10/h3-6,16H,7-9H2,1-2H3.